The van der Waals surface area contributed by atoms with Crippen molar-refractivity contribution in [3.8, 4) is 11.5 Å². The molecule has 0 aliphatic carbocycles. The Morgan fingerprint density at radius 1 is 1.25 bits per heavy atom. The molecule has 2 aromatic rings. The summed E-state index contributed by atoms with van der Waals surface area (Å²) >= 11 is 1.54. The van der Waals surface area contributed by atoms with E-state index in [2.05, 4.69) is 5.32 Å². The van der Waals surface area contributed by atoms with Crippen LogP contribution in [0.3, 0.4) is 0 Å². The molecule has 0 aromatic heterocycles. The van der Waals surface area contributed by atoms with E-state index in [-0.39, 0.29) is 17.0 Å². The van der Waals surface area contributed by atoms with Crippen LogP contribution < -0.4 is 10.1 Å². The Morgan fingerprint density at radius 2 is 2.10 bits per heavy atom. The lowest BCUT2D eigenvalue weighted by molar-refractivity contribution is 0.0943. The molecule has 0 saturated heterocycles. The molecule has 0 fully saturated rings. The second kappa shape index (κ2) is 5.09. The quantitative estimate of drug-likeness (QED) is 0.891. The average Bonchev–Trinajstić information content (AvgIpc) is 2.48. The second-order valence-electron chi connectivity index (χ2n) is 4.43. The number of rotatable bonds is 2. The number of methoxy groups -OCH3 is 1. The summed E-state index contributed by atoms with van der Waals surface area (Å²) in [6.07, 6.45) is 0. The first-order chi connectivity index (χ1) is 9.67. The van der Waals surface area contributed by atoms with Crippen molar-refractivity contribution in [2.45, 2.75) is 10.3 Å². The Morgan fingerprint density at radius 3 is 2.90 bits per heavy atom. The number of hydrogen-bond donors (Lipinski definition) is 2. The normalized spacial score (nSPS) is 17.2. The summed E-state index contributed by atoms with van der Waals surface area (Å²) in [6.45, 7) is 0. The molecule has 3 rings (SSSR count). The highest BCUT2D eigenvalue weighted by molar-refractivity contribution is 7.99. The number of aromatic hydroxyl groups is 1. The van der Waals surface area contributed by atoms with Crippen LogP contribution in [0.15, 0.2) is 47.4 Å². The first-order valence-electron chi connectivity index (χ1n) is 6.12. The fourth-order valence-electron chi connectivity index (χ4n) is 2.11. The average molecular weight is 287 g/mol. The number of hydrogen-bond acceptors (Lipinski definition) is 4. The number of benzene rings is 2. The van der Waals surface area contributed by atoms with Crippen LogP contribution >= 0.6 is 11.8 Å². The minimum absolute atomic E-state index is 0.0966. The smallest absolute Gasteiger partial charge is 0.253 e. The van der Waals surface area contributed by atoms with Gasteiger partial charge in [0.25, 0.3) is 5.91 Å². The summed E-state index contributed by atoms with van der Waals surface area (Å²) in [5.74, 6) is 0.677. The van der Waals surface area contributed by atoms with Crippen molar-refractivity contribution < 1.29 is 14.6 Å². The van der Waals surface area contributed by atoms with Crippen molar-refractivity contribution in [3.63, 3.8) is 0 Å². The Kier molecular flexibility index (Phi) is 3.28. The molecule has 2 N–H and O–H groups in total. The predicted octanol–water partition coefficient (Wildman–Crippen LogP) is 2.94. The molecule has 20 heavy (non-hydrogen) atoms. The van der Waals surface area contributed by atoms with Crippen LogP contribution in [0.1, 0.15) is 21.3 Å². The molecule has 1 aliphatic rings. The van der Waals surface area contributed by atoms with Crippen LogP contribution in [0, 0.1) is 0 Å². The molecule has 4 nitrogen and oxygen atoms in total. The van der Waals surface area contributed by atoms with E-state index in [4.69, 9.17) is 4.74 Å². The summed E-state index contributed by atoms with van der Waals surface area (Å²) in [5, 5.41) is 12.2. The third-order valence-corrected chi connectivity index (χ3v) is 4.35. The van der Waals surface area contributed by atoms with E-state index in [1.807, 2.05) is 24.3 Å². The second-order valence-corrected chi connectivity index (χ2v) is 5.58. The largest absolute Gasteiger partial charge is 0.508 e. The number of carbonyl (C=O) groups is 1. The Labute approximate surface area is 120 Å². The molecule has 0 saturated carbocycles. The van der Waals surface area contributed by atoms with Gasteiger partial charge < -0.3 is 15.2 Å². The summed E-state index contributed by atoms with van der Waals surface area (Å²) in [6, 6.07) is 12.5. The van der Waals surface area contributed by atoms with E-state index in [1.165, 1.54) is 6.07 Å². The van der Waals surface area contributed by atoms with Gasteiger partial charge in [-0.3, -0.25) is 4.79 Å². The minimum Gasteiger partial charge on any atom is -0.508 e. The van der Waals surface area contributed by atoms with Crippen LogP contribution in [0.2, 0.25) is 0 Å². The molecule has 1 unspecified atom stereocenters. The highest BCUT2D eigenvalue weighted by atomic mass is 32.2. The zero-order valence-corrected chi connectivity index (χ0v) is 11.6. The number of carbonyl (C=O) groups excluding carboxylic acids is 1. The number of phenolic OH excluding ortho intramolecular Hbond substituents is 1. The molecule has 0 bridgehead atoms. The Hall–Kier alpha value is -2.14. The number of thioether (sulfide) groups is 1. The van der Waals surface area contributed by atoms with Gasteiger partial charge in [-0.15, -0.1) is 0 Å². The molecule has 1 atom stereocenters. The van der Waals surface area contributed by atoms with Gasteiger partial charge >= 0.3 is 0 Å². The van der Waals surface area contributed by atoms with Crippen molar-refractivity contribution in [3.05, 3.63) is 53.6 Å². The van der Waals surface area contributed by atoms with E-state index in [0.29, 0.717) is 5.56 Å². The maximum atomic E-state index is 12.1. The highest BCUT2D eigenvalue weighted by Gasteiger charge is 2.26. The van der Waals surface area contributed by atoms with Gasteiger partial charge in [-0.2, -0.15) is 0 Å². The van der Waals surface area contributed by atoms with Gasteiger partial charge in [0.05, 0.1) is 12.7 Å². The number of fused-ring (bicyclic) bond motifs is 1. The van der Waals surface area contributed by atoms with Gasteiger partial charge in [0.2, 0.25) is 0 Å². The molecule has 0 radical (unpaired) electrons. The van der Waals surface area contributed by atoms with Gasteiger partial charge in [-0.1, -0.05) is 23.9 Å². The van der Waals surface area contributed by atoms with Gasteiger partial charge in [0.15, 0.2) is 0 Å². The van der Waals surface area contributed by atoms with E-state index in [9.17, 15) is 9.90 Å². The zero-order chi connectivity index (χ0) is 14.1. The number of nitrogens with one attached hydrogen (secondary N) is 1. The SMILES string of the molecule is COc1cccc(C2NC(=O)c3cc(O)ccc3S2)c1. The van der Waals surface area contributed by atoms with Crippen molar-refractivity contribution in [1.82, 2.24) is 5.32 Å². The van der Waals surface area contributed by atoms with E-state index in [0.717, 1.165) is 16.2 Å². The molecule has 5 heteroatoms. The summed E-state index contributed by atoms with van der Waals surface area (Å²) in [4.78, 5) is 13.0. The van der Waals surface area contributed by atoms with Crippen LogP contribution in [-0.4, -0.2) is 18.1 Å². The van der Waals surface area contributed by atoms with Gasteiger partial charge in [-0.05, 0) is 35.9 Å². The Balaban J connectivity index is 1.94. The van der Waals surface area contributed by atoms with Crippen molar-refractivity contribution in [1.29, 1.82) is 0 Å². The zero-order valence-electron chi connectivity index (χ0n) is 10.8. The summed E-state index contributed by atoms with van der Waals surface area (Å²) in [5.41, 5.74) is 1.48. The highest BCUT2D eigenvalue weighted by Crippen LogP contribution is 2.40. The molecule has 1 aliphatic heterocycles. The first kappa shape index (κ1) is 12.9. The molecule has 2 aromatic carbocycles. The van der Waals surface area contributed by atoms with Gasteiger partial charge in [-0.25, -0.2) is 0 Å². The van der Waals surface area contributed by atoms with E-state index in [1.54, 1.807) is 31.0 Å². The molecular formula is C15H13NO3S. The lowest BCUT2D eigenvalue weighted by Gasteiger charge is -2.25. The van der Waals surface area contributed by atoms with Crippen LogP contribution in [0.4, 0.5) is 0 Å². The predicted molar refractivity (Wildman–Crippen MR) is 77.2 cm³/mol. The molecule has 1 amide bonds. The third kappa shape index (κ3) is 2.32. The molecule has 1 heterocycles. The lowest BCUT2D eigenvalue weighted by Crippen LogP contribution is -2.30. The monoisotopic (exact) mass is 287 g/mol. The van der Waals surface area contributed by atoms with Gasteiger partial charge in [0.1, 0.15) is 16.9 Å². The van der Waals surface area contributed by atoms with E-state index < -0.39 is 0 Å². The fourth-order valence-corrected chi connectivity index (χ4v) is 3.24. The molecule has 102 valence electrons. The third-order valence-electron chi connectivity index (χ3n) is 3.11. The minimum atomic E-state index is -0.178. The van der Waals surface area contributed by atoms with Crippen LogP contribution in [0.25, 0.3) is 0 Å². The van der Waals surface area contributed by atoms with Gasteiger partial charge in [0, 0.05) is 4.90 Å². The lowest BCUT2D eigenvalue weighted by atomic mass is 10.1. The van der Waals surface area contributed by atoms with Crippen LogP contribution in [-0.2, 0) is 0 Å². The molecule has 0 spiro atoms. The topological polar surface area (TPSA) is 58.6 Å². The van der Waals surface area contributed by atoms with Crippen LogP contribution in [0.5, 0.6) is 11.5 Å². The van der Waals surface area contributed by atoms with Crippen molar-refractivity contribution in [2.75, 3.05) is 7.11 Å². The number of ether oxygens (including phenoxy) is 1. The number of amides is 1. The Bertz CT molecular complexity index is 672. The van der Waals surface area contributed by atoms with E-state index >= 15 is 0 Å². The standard InChI is InChI=1S/C15H13NO3S/c1-19-11-4-2-3-9(7-11)15-16-14(18)12-8-10(17)5-6-13(12)20-15/h2-8,15,17H,1H3,(H,16,18). The summed E-state index contributed by atoms with van der Waals surface area (Å²) < 4.78 is 5.20. The maximum Gasteiger partial charge on any atom is 0.253 e. The molecular weight excluding hydrogens is 274 g/mol. The van der Waals surface area contributed by atoms with Crippen molar-refractivity contribution in [2.24, 2.45) is 0 Å². The fraction of sp³-hybridized carbons (Fsp3) is 0.133. The maximum absolute atomic E-state index is 12.1. The summed E-state index contributed by atoms with van der Waals surface area (Å²) in [7, 11) is 1.61. The number of phenols is 1. The first-order valence-corrected chi connectivity index (χ1v) is 7.00. The van der Waals surface area contributed by atoms with Crippen molar-refractivity contribution >= 4 is 17.7 Å².